The first-order valence-electron chi connectivity index (χ1n) is 8.46. The minimum Gasteiger partial charge on any atom is -0.497 e. The Morgan fingerprint density at radius 2 is 1.92 bits per heavy atom. The zero-order valence-corrected chi connectivity index (χ0v) is 15.6. The lowest BCUT2D eigenvalue weighted by molar-refractivity contribution is -0.119. The lowest BCUT2D eigenvalue weighted by atomic mass is 10.2. The largest absolute Gasteiger partial charge is 0.497 e. The molecule has 0 aliphatic carbocycles. The molecule has 138 valence electrons. The van der Waals surface area contributed by atoms with Crippen molar-refractivity contribution in [1.82, 2.24) is 4.31 Å². The highest BCUT2D eigenvalue weighted by Gasteiger charge is 2.40. The molecule has 2 aromatic rings. The quantitative estimate of drug-likeness (QED) is 0.873. The third-order valence-electron chi connectivity index (χ3n) is 4.53. The van der Waals surface area contributed by atoms with E-state index in [9.17, 15) is 13.2 Å². The van der Waals surface area contributed by atoms with Gasteiger partial charge in [0.15, 0.2) is 0 Å². The number of sulfonamides is 1. The second kappa shape index (κ2) is 7.47. The molecule has 7 heteroatoms. The molecular formula is C19H22N2O4S. The molecule has 1 atom stereocenters. The Labute approximate surface area is 153 Å². The van der Waals surface area contributed by atoms with Gasteiger partial charge >= 0.3 is 0 Å². The molecule has 0 radical (unpaired) electrons. The van der Waals surface area contributed by atoms with Gasteiger partial charge in [-0.05, 0) is 43.5 Å². The van der Waals surface area contributed by atoms with Crippen molar-refractivity contribution in [2.24, 2.45) is 0 Å². The van der Waals surface area contributed by atoms with E-state index >= 15 is 0 Å². The van der Waals surface area contributed by atoms with Crippen LogP contribution in [-0.4, -0.2) is 38.3 Å². The first-order valence-corrected chi connectivity index (χ1v) is 9.90. The Morgan fingerprint density at radius 1 is 1.19 bits per heavy atom. The molecule has 1 heterocycles. The number of anilines is 1. The van der Waals surface area contributed by atoms with Crippen LogP contribution in [0.4, 0.5) is 5.69 Å². The summed E-state index contributed by atoms with van der Waals surface area (Å²) in [7, 11) is -2.30. The van der Waals surface area contributed by atoms with Gasteiger partial charge in [-0.2, -0.15) is 4.31 Å². The van der Waals surface area contributed by atoms with E-state index in [1.165, 1.54) is 17.5 Å². The molecule has 1 aliphatic rings. The van der Waals surface area contributed by atoms with E-state index in [0.717, 1.165) is 0 Å². The van der Waals surface area contributed by atoms with E-state index in [4.69, 9.17) is 4.74 Å². The Bertz CT molecular complexity index is 897. The number of nitrogens with one attached hydrogen (secondary N) is 1. The summed E-state index contributed by atoms with van der Waals surface area (Å²) in [5.41, 5.74) is 1.28. The maximum atomic E-state index is 13.2. The number of para-hydroxylation sites is 1. The van der Waals surface area contributed by atoms with Gasteiger partial charge in [0.1, 0.15) is 11.8 Å². The standard InChI is InChI=1S/C19H22N2O4S/c1-14-10-11-16(25-2)13-18(14)26(23,24)21-12-6-9-17(21)19(22)20-15-7-4-3-5-8-15/h3-5,7-8,10-11,13,17H,6,9,12H2,1-2H3,(H,20,22)/t17-/m1/s1. The van der Waals surface area contributed by atoms with E-state index in [-0.39, 0.29) is 10.8 Å². The smallest absolute Gasteiger partial charge is 0.244 e. The predicted molar refractivity (Wildman–Crippen MR) is 99.7 cm³/mol. The minimum absolute atomic E-state index is 0.177. The van der Waals surface area contributed by atoms with Gasteiger partial charge in [-0.3, -0.25) is 4.79 Å². The molecule has 1 N–H and O–H groups in total. The molecule has 0 saturated carbocycles. The van der Waals surface area contributed by atoms with Crippen molar-refractivity contribution in [3.05, 3.63) is 54.1 Å². The number of methoxy groups -OCH3 is 1. The van der Waals surface area contributed by atoms with Gasteiger partial charge in [0.05, 0.1) is 12.0 Å². The Kier molecular flexibility index (Phi) is 5.29. The van der Waals surface area contributed by atoms with E-state index in [1.807, 2.05) is 18.2 Å². The Balaban J connectivity index is 1.88. The van der Waals surface area contributed by atoms with E-state index < -0.39 is 16.1 Å². The lowest BCUT2D eigenvalue weighted by Gasteiger charge is -2.24. The number of ether oxygens (including phenoxy) is 1. The third kappa shape index (κ3) is 3.59. The van der Waals surface area contributed by atoms with Crippen molar-refractivity contribution in [3.63, 3.8) is 0 Å². The number of hydrogen-bond donors (Lipinski definition) is 1. The zero-order valence-electron chi connectivity index (χ0n) is 14.8. The van der Waals surface area contributed by atoms with Crippen LogP contribution in [0.1, 0.15) is 18.4 Å². The fourth-order valence-corrected chi connectivity index (χ4v) is 5.05. The van der Waals surface area contributed by atoms with Crippen LogP contribution in [-0.2, 0) is 14.8 Å². The molecule has 0 unspecified atom stereocenters. The highest BCUT2D eigenvalue weighted by atomic mass is 32.2. The van der Waals surface area contributed by atoms with Crippen LogP contribution in [0.3, 0.4) is 0 Å². The van der Waals surface area contributed by atoms with E-state index in [0.29, 0.717) is 36.4 Å². The van der Waals surface area contributed by atoms with Crippen molar-refractivity contribution < 1.29 is 17.9 Å². The summed E-state index contributed by atoms with van der Waals surface area (Å²) in [6, 6.07) is 13.3. The second-order valence-electron chi connectivity index (χ2n) is 6.26. The molecule has 0 aromatic heterocycles. The summed E-state index contributed by atoms with van der Waals surface area (Å²) in [5, 5.41) is 2.80. The zero-order chi connectivity index (χ0) is 18.7. The highest BCUT2D eigenvalue weighted by Crippen LogP contribution is 2.30. The summed E-state index contributed by atoms with van der Waals surface area (Å²) in [6.07, 6.45) is 1.15. The summed E-state index contributed by atoms with van der Waals surface area (Å²) in [5.74, 6) is 0.163. The monoisotopic (exact) mass is 374 g/mol. The SMILES string of the molecule is COc1ccc(C)c(S(=O)(=O)N2CCC[C@@H]2C(=O)Nc2ccccc2)c1. The van der Waals surface area contributed by atoms with Crippen LogP contribution >= 0.6 is 0 Å². The van der Waals surface area contributed by atoms with Gasteiger partial charge in [-0.25, -0.2) is 8.42 Å². The van der Waals surface area contributed by atoms with E-state index in [1.54, 1.807) is 31.2 Å². The average Bonchev–Trinajstić information content (AvgIpc) is 3.14. The Hall–Kier alpha value is -2.38. The average molecular weight is 374 g/mol. The first kappa shape index (κ1) is 18.4. The van der Waals surface area contributed by atoms with Gasteiger partial charge in [0.2, 0.25) is 15.9 Å². The van der Waals surface area contributed by atoms with Crippen LogP contribution in [0.5, 0.6) is 5.75 Å². The van der Waals surface area contributed by atoms with Gasteiger partial charge in [0, 0.05) is 18.3 Å². The topological polar surface area (TPSA) is 75.7 Å². The van der Waals surface area contributed by atoms with Crippen LogP contribution in [0.15, 0.2) is 53.4 Å². The number of carbonyl (C=O) groups is 1. The molecule has 1 aliphatic heterocycles. The Morgan fingerprint density at radius 3 is 2.62 bits per heavy atom. The molecule has 1 saturated heterocycles. The van der Waals surface area contributed by atoms with Crippen LogP contribution in [0.2, 0.25) is 0 Å². The van der Waals surface area contributed by atoms with Crippen molar-refractivity contribution in [2.45, 2.75) is 30.7 Å². The number of nitrogens with zero attached hydrogens (tertiary/aromatic N) is 1. The van der Waals surface area contributed by atoms with Crippen molar-refractivity contribution in [3.8, 4) is 5.75 Å². The van der Waals surface area contributed by atoms with Crippen LogP contribution < -0.4 is 10.1 Å². The summed E-state index contributed by atoms with van der Waals surface area (Å²) >= 11 is 0. The molecular weight excluding hydrogens is 352 g/mol. The molecule has 0 spiro atoms. The summed E-state index contributed by atoms with van der Waals surface area (Å²) in [4.78, 5) is 12.8. The number of carbonyl (C=O) groups excluding carboxylic acids is 1. The number of hydrogen-bond acceptors (Lipinski definition) is 4. The molecule has 6 nitrogen and oxygen atoms in total. The van der Waals surface area contributed by atoms with Crippen molar-refractivity contribution in [1.29, 1.82) is 0 Å². The maximum Gasteiger partial charge on any atom is 0.244 e. The molecule has 1 fully saturated rings. The van der Waals surface area contributed by atoms with E-state index in [2.05, 4.69) is 5.32 Å². The van der Waals surface area contributed by atoms with Gasteiger partial charge in [-0.1, -0.05) is 24.3 Å². The molecule has 2 aromatic carbocycles. The summed E-state index contributed by atoms with van der Waals surface area (Å²) in [6.45, 7) is 2.06. The fraction of sp³-hybridized carbons (Fsp3) is 0.316. The predicted octanol–water partition coefficient (Wildman–Crippen LogP) is 2.80. The summed E-state index contributed by atoms with van der Waals surface area (Å²) < 4.78 is 32.8. The van der Waals surface area contributed by atoms with Gasteiger partial charge in [0.25, 0.3) is 0 Å². The highest BCUT2D eigenvalue weighted by molar-refractivity contribution is 7.89. The number of rotatable bonds is 5. The van der Waals surface area contributed by atoms with Crippen molar-refractivity contribution >= 4 is 21.6 Å². The second-order valence-corrected chi connectivity index (χ2v) is 8.12. The normalized spacial score (nSPS) is 17.8. The molecule has 1 amide bonds. The minimum atomic E-state index is -3.80. The van der Waals surface area contributed by atoms with Gasteiger partial charge < -0.3 is 10.1 Å². The number of aryl methyl sites for hydroxylation is 1. The van der Waals surface area contributed by atoms with Crippen LogP contribution in [0, 0.1) is 6.92 Å². The maximum absolute atomic E-state index is 13.2. The number of benzene rings is 2. The third-order valence-corrected chi connectivity index (χ3v) is 6.58. The number of amides is 1. The first-order chi connectivity index (χ1) is 12.4. The molecule has 3 rings (SSSR count). The lowest BCUT2D eigenvalue weighted by Crippen LogP contribution is -2.43. The molecule has 26 heavy (non-hydrogen) atoms. The van der Waals surface area contributed by atoms with Crippen LogP contribution in [0.25, 0.3) is 0 Å². The fourth-order valence-electron chi connectivity index (χ4n) is 3.15. The van der Waals surface area contributed by atoms with Gasteiger partial charge in [-0.15, -0.1) is 0 Å². The molecule has 0 bridgehead atoms. The van der Waals surface area contributed by atoms with Crippen molar-refractivity contribution in [2.75, 3.05) is 19.0 Å².